The van der Waals surface area contributed by atoms with E-state index in [4.69, 9.17) is 4.52 Å². The Kier molecular flexibility index (Phi) is 3.96. The van der Waals surface area contributed by atoms with Crippen molar-refractivity contribution in [2.24, 2.45) is 0 Å². The summed E-state index contributed by atoms with van der Waals surface area (Å²) >= 11 is 0. The van der Waals surface area contributed by atoms with Gasteiger partial charge in [0.2, 0.25) is 0 Å². The number of aromatic nitrogens is 3. The van der Waals surface area contributed by atoms with Crippen molar-refractivity contribution in [3.05, 3.63) is 59.2 Å². The average molecular weight is 296 g/mol. The zero-order valence-electron chi connectivity index (χ0n) is 13.1. The first-order valence-electron chi connectivity index (χ1n) is 7.48. The molecule has 3 rings (SSSR count). The largest absolute Gasteiger partial charge is 0.376 e. The predicted octanol–water partition coefficient (Wildman–Crippen LogP) is 3.65. The van der Waals surface area contributed by atoms with E-state index in [-0.39, 0.29) is 0 Å². The molecule has 5 heteroatoms. The summed E-state index contributed by atoms with van der Waals surface area (Å²) in [5, 5.41) is 11.9. The van der Waals surface area contributed by atoms with Crippen LogP contribution in [0.5, 0.6) is 0 Å². The second-order valence-electron chi connectivity index (χ2n) is 5.34. The summed E-state index contributed by atoms with van der Waals surface area (Å²) in [7, 11) is 0. The molecule has 0 unspecified atom stereocenters. The van der Waals surface area contributed by atoms with Crippen LogP contribution in [0.1, 0.15) is 29.6 Å². The third-order valence-corrected chi connectivity index (χ3v) is 3.68. The Morgan fingerprint density at radius 3 is 2.73 bits per heavy atom. The standard InChI is InChI=1S/C17H20N4O/c1-4-16-15(18-10-14-9-13(3)22-20-14)11-19-21(16)17-8-6-5-7-12(17)2/h5-9,11,18H,4,10H2,1-3H3. The van der Waals surface area contributed by atoms with Gasteiger partial charge in [0.25, 0.3) is 0 Å². The smallest absolute Gasteiger partial charge is 0.133 e. The second-order valence-corrected chi connectivity index (χ2v) is 5.34. The van der Waals surface area contributed by atoms with Crippen LogP contribution >= 0.6 is 0 Å². The summed E-state index contributed by atoms with van der Waals surface area (Å²) in [6.07, 6.45) is 2.77. The van der Waals surface area contributed by atoms with Crippen LogP contribution in [0.3, 0.4) is 0 Å². The zero-order chi connectivity index (χ0) is 15.5. The highest BCUT2D eigenvalue weighted by atomic mass is 16.5. The van der Waals surface area contributed by atoms with E-state index < -0.39 is 0 Å². The Balaban J connectivity index is 1.86. The summed E-state index contributed by atoms with van der Waals surface area (Å²) in [5.74, 6) is 0.822. The molecule has 0 amide bonds. The van der Waals surface area contributed by atoms with E-state index in [1.54, 1.807) is 0 Å². The molecule has 1 aromatic carbocycles. The summed E-state index contributed by atoms with van der Waals surface area (Å²) < 4.78 is 7.09. The number of benzene rings is 1. The van der Waals surface area contributed by atoms with Crippen LogP contribution in [0, 0.1) is 13.8 Å². The van der Waals surface area contributed by atoms with Crippen molar-refractivity contribution in [1.82, 2.24) is 14.9 Å². The molecule has 0 radical (unpaired) electrons. The predicted molar refractivity (Wildman–Crippen MR) is 86.2 cm³/mol. The number of aryl methyl sites for hydroxylation is 2. The number of anilines is 1. The molecule has 1 N–H and O–H groups in total. The molecule has 0 fully saturated rings. The van der Waals surface area contributed by atoms with Crippen molar-refractivity contribution in [1.29, 1.82) is 0 Å². The number of para-hydroxylation sites is 1. The molecule has 0 aliphatic carbocycles. The summed E-state index contributed by atoms with van der Waals surface area (Å²) in [6.45, 7) is 6.76. The first-order chi connectivity index (χ1) is 10.7. The maximum atomic E-state index is 5.09. The third-order valence-electron chi connectivity index (χ3n) is 3.68. The molecule has 0 aliphatic rings. The Hall–Kier alpha value is -2.56. The van der Waals surface area contributed by atoms with E-state index >= 15 is 0 Å². The molecule has 0 saturated heterocycles. The van der Waals surface area contributed by atoms with Crippen LogP contribution in [0.2, 0.25) is 0 Å². The van der Waals surface area contributed by atoms with Gasteiger partial charge in [-0.3, -0.25) is 0 Å². The second kappa shape index (κ2) is 6.05. The molecule has 22 heavy (non-hydrogen) atoms. The first kappa shape index (κ1) is 14.4. The molecule has 0 atom stereocenters. The number of hydrogen-bond donors (Lipinski definition) is 1. The molecule has 0 spiro atoms. The first-order valence-corrected chi connectivity index (χ1v) is 7.48. The van der Waals surface area contributed by atoms with Crippen molar-refractivity contribution < 1.29 is 4.52 Å². The maximum absolute atomic E-state index is 5.09. The lowest BCUT2D eigenvalue weighted by Crippen LogP contribution is -2.06. The molecular formula is C17H20N4O. The van der Waals surface area contributed by atoms with Crippen LogP contribution < -0.4 is 5.32 Å². The highest BCUT2D eigenvalue weighted by Crippen LogP contribution is 2.22. The normalized spacial score (nSPS) is 10.9. The summed E-state index contributed by atoms with van der Waals surface area (Å²) in [6, 6.07) is 10.2. The Bertz CT molecular complexity index is 773. The van der Waals surface area contributed by atoms with Crippen molar-refractivity contribution in [2.75, 3.05) is 5.32 Å². The van der Waals surface area contributed by atoms with Gasteiger partial charge in [0.05, 0.1) is 29.8 Å². The molecule has 0 saturated carbocycles. The minimum Gasteiger partial charge on any atom is -0.376 e. The Morgan fingerprint density at radius 2 is 2.05 bits per heavy atom. The number of nitrogens with zero attached hydrogens (tertiary/aromatic N) is 3. The van der Waals surface area contributed by atoms with Crippen LogP contribution in [-0.4, -0.2) is 14.9 Å². The van der Waals surface area contributed by atoms with Gasteiger partial charge in [-0.1, -0.05) is 30.3 Å². The third kappa shape index (κ3) is 2.74. The van der Waals surface area contributed by atoms with Gasteiger partial charge in [-0.2, -0.15) is 5.10 Å². The van der Waals surface area contributed by atoms with Gasteiger partial charge in [0.15, 0.2) is 0 Å². The summed E-state index contributed by atoms with van der Waals surface area (Å²) in [5.41, 5.74) is 5.41. The van der Waals surface area contributed by atoms with E-state index in [2.05, 4.69) is 41.6 Å². The van der Waals surface area contributed by atoms with Crippen molar-refractivity contribution in [3.63, 3.8) is 0 Å². The fraction of sp³-hybridized carbons (Fsp3) is 0.294. The van der Waals surface area contributed by atoms with Crippen LogP contribution in [0.15, 0.2) is 41.1 Å². The fourth-order valence-electron chi connectivity index (χ4n) is 2.56. The molecule has 114 valence electrons. The molecule has 2 heterocycles. The summed E-state index contributed by atoms with van der Waals surface area (Å²) in [4.78, 5) is 0. The molecule has 0 aliphatic heterocycles. The lowest BCUT2D eigenvalue weighted by Gasteiger charge is -2.11. The Labute approximate surface area is 129 Å². The van der Waals surface area contributed by atoms with E-state index in [1.807, 2.05) is 36.0 Å². The number of rotatable bonds is 5. The highest BCUT2D eigenvalue weighted by molar-refractivity contribution is 5.52. The maximum Gasteiger partial charge on any atom is 0.133 e. The van der Waals surface area contributed by atoms with Crippen molar-refractivity contribution in [2.45, 2.75) is 33.7 Å². The van der Waals surface area contributed by atoms with Gasteiger partial charge in [-0.05, 0) is 31.9 Å². The van der Waals surface area contributed by atoms with Gasteiger partial charge in [-0.15, -0.1) is 0 Å². The fourth-order valence-corrected chi connectivity index (χ4v) is 2.56. The molecule has 3 aromatic rings. The van der Waals surface area contributed by atoms with Gasteiger partial charge in [0.1, 0.15) is 11.5 Å². The van der Waals surface area contributed by atoms with Crippen molar-refractivity contribution >= 4 is 5.69 Å². The Morgan fingerprint density at radius 1 is 1.23 bits per heavy atom. The van der Waals surface area contributed by atoms with E-state index in [9.17, 15) is 0 Å². The van der Waals surface area contributed by atoms with Crippen LogP contribution in [0.4, 0.5) is 5.69 Å². The van der Waals surface area contributed by atoms with Gasteiger partial charge in [-0.25, -0.2) is 4.68 Å². The molecule has 0 bridgehead atoms. The minimum atomic E-state index is 0.629. The lowest BCUT2D eigenvalue weighted by molar-refractivity contribution is 0.391. The quantitative estimate of drug-likeness (QED) is 0.781. The van der Waals surface area contributed by atoms with Gasteiger partial charge < -0.3 is 9.84 Å². The van der Waals surface area contributed by atoms with Crippen molar-refractivity contribution in [3.8, 4) is 5.69 Å². The zero-order valence-corrected chi connectivity index (χ0v) is 13.1. The SMILES string of the molecule is CCc1c(NCc2cc(C)on2)cnn1-c1ccccc1C. The molecular weight excluding hydrogens is 276 g/mol. The van der Waals surface area contributed by atoms with E-state index in [1.165, 1.54) is 5.56 Å². The lowest BCUT2D eigenvalue weighted by atomic mass is 10.2. The van der Waals surface area contributed by atoms with E-state index in [0.717, 1.165) is 34.9 Å². The minimum absolute atomic E-state index is 0.629. The number of hydrogen-bond acceptors (Lipinski definition) is 4. The average Bonchev–Trinajstić information content (AvgIpc) is 3.11. The highest BCUT2D eigenvalue weighted by Gasteiger charge is 2.12. The molecule has 2 aromatic heterocycles. The number of nitrogens with one attached hydrogen (secondary N) is 1. The van der Waals surface area contributed by atoms with Crippen LogP contribution in [0.25, 0.3) is 5.69 Å². The van der Waals surface area contributed by atoms with E-state index in [0.29, 0.717) is 6.54 Å². The topological polar surface area (TPSA) is 55.9 Å². The monoisotopic (exact) mass is 296 g/mol. The van der Waals surface area contributed by atoms with Crippen LogP contribution in [-0.2, 0) is 13.0 Å². The van der Waals surface area contributed by atoms with Gasteiger partial charge >= 0.3 is 0 Å². The molecule has 5 nitrogen and oxygen atoms in total. The van der Waals surface area contributed by atoms with Gasteiger partial charge in [0, 0.05) is 6.07 Å².